The fraction of sp³-hybridized carbons (Fsp3) is 1.00. The van der Waals surface area contributed by atoms with E-state index in [0.29, 0.717) is 0 Å². The van der Waals surface area contributed by atoms with Crippen LogP contribution in [0.2, 0.25) is 0 Å². The van der Waals surface area contributed by atoms with Gasteiger partial charge in [-0.05, 0) is 49.0 Å². The van der Waals surface area contributed by atoms with Gasteiger partial charge in [0.1, 0.15) is 0 Å². The molecule has 2 aliphatic rings. The molecule has 118 valence electrons. The smallest absolute Gasteiger partial charge is 0.0831 e. The maximum absolute atomic E-state index is 10.6. The van der Waals surface area contributed by atoms with Gasteiger partial charge >= 0.3 is 0 Å². The first-order chi connectivity index (χ1) is 9.62. The van der Waals surface area contributed by atoms with Crippen molar-refractivity contribution in [3.05, 3.63) is 0 Å². The molecule has 0 amide bonds. The molecule has 0 aromatic carbocycles. The summed E-state index contributed by atoms with van der Waals surface area (Å²) < 4.78 is 6.07. The van der Waals surface area contributed by atoms with Gasteiger partial charge in [-0.15, -0.1) is 0 Å². The summed E-state index contributed by atoms with van der Waals surface area (Å²) in [6.07, 6.45) is 4.70. The Morgan fingerprint density at radius 3 is 2.45 bits per heavy atom. The lowest BCUT2D eigenvalue weighted by Crippen LogP contribution is -2.48. The zero-order chi connectivity index (χ0) is 14.6. The lowest BCUT2D eigenvalue weighted by atomic mass is 9.76. The second-order valence-electron chi connectivity index (χ2n) is 6.45. The zero-order valence-electron chi connectivity index (χ0n) is 12.9. The average molecular weight is 302 g/mol. The van der Waals surface area contributed by atoms with E-state index in [-0.39, 0.29) is 17.4 Å². The lowest BCUT2D eigenvalue weighted by molar-refractivity contribution is -0.141. The summed E-state index contributed by atoms with van der Waals surface area (Å²) in [6.45, 7) is 4.92. The fourth-order valence-corrected chi connectivity index (χ4v) is 5.02. The van der Waals surface area contributed by atoms with E-state index in [0.717, 1.165) is 56.6 Å². The molecule has 2 saturated heterocycles. The molecule has 20 heavy (non-hydrogen) atoms. The van der Waals surface area contributed by atoms with Gasteiger partial charge < -0.3 is 14.9 Å². The third-order valence-electron chi connectivity index (χ3n) is 5.30. The summed E-state index contributed by atoms with van der Waals surface area (Å²) in [6, 6.07) is 0. The van der Waals surface area contributed by atoms with Gasteiger partial charge in [-0.3, -0.25) is 0 Å². The third-order valence-corrected chi connectivity index (χ3v) is 6.29. The van der Waals surface area contributed by atoms with E-state index in [1.165, 1.54) is 0 Å². The Labute approximate surface area is 127 Å². The number of ether oxygens (including phenoxy) is 1. The summed E-state index contributed by atoms with van der Waals surface area (Å²) in [5.74, 6) is 2.74. The molecule has 2 heterocycles. The highest BCUT2D eigenvalue weighted by Crippen LogP contribution is 2.41. The number of hydrogen-bond acceptors (Lipinski definition) is 4. The molecular formula is C16H30O3S. The van der Waals surface area contributed by atoms with Crippen LogP contribution in [0.25, 0.3) is 0 Å². The average Bonchev–Trinajstić information content (AvgIpc) is 2.48. The van der Waals surface area contributed by atoms with Crippen LogP contribution in [0, 0.1) is 11.8 Å². The van der Waals surface area contributed by atoms with Crippen molar-refractivity contribution < 1.29 is 14.9 Å². The number of rotatable bonds is 5. The number of aliphatic hydroxyl groups is 2. The summed E-state index contributed by atoms with van der Waals surface area (Å²) in [5, 5.41) is 21.0. The minimum absolute atomic E-state index is 0.0111. The van der Waals surface area contributed by atoms with Crippen molar-refractivity contribution in [2.24, 2.45) is 11.8 Å². The maximum Gasteiger partial charge on any atom is 0.0831 e. The highest BCUT2D eigenvalue weighted by Gasteiger charge is 2.42. The van der Waals surface area contributed by atoms with E-state index in [2.05, 4.69) is 13.8 Å². The van der Waals surface area contributed by atoms with Crippen LogP contribution in [0.15, 0.2) is 0 Å². The van der Waals surface area contributed by atoms with Crippen molar-refractivity contribution in [2.45, 2.75) is 70.2 Å². The summed E-state index contributed by atoms with van der Waals surface area (Å²) in [7, 11) is 0. The number of aliphatic hydroxyl groups excluding tert-OH is 2. The Balaban J connectivity index is 1.97. The van der Waals surface area contributed by atoms with E-state index in [1.54, 1.807) is 0 Å². The van der Waals surface area contributed by atoms with Crippen molar-refractivity contribution in [3.8, 4) is 0 Å². The Hall–Kier alpha value is 0.230. The third kappa shape index (κ3) is 3.70. The van der Waals surface area contributed by atoms with Gasteiger partial charge in [-0.1, -0.05) is 26.7 Å². The SMILES string of the molecule is CCC(CC)C(O)C(O)C1CCOC2(CCSCC2)C1. The van der Waals surface area contributed by atoms with Crippen LogP contribution in [0.1, 0.15) is 52.4 Å². The second-order valence-corrected chi connectivity index (χ2v) is 7.68. The predicted octanol–water partition coefficient (Wildman–Crippen LogP) is 2.84. The molecule has 0 radical (unpaired) electrons. The monoisotopic (exact) mass is 302 g/mol. The van der Waals surface area contributed by atoms with Crippen molar-refractivity contribution >= 4 is 11.8 Å². The quantitative estimate of drug-likeness (QED) is 0.820. The Morgan fingerprint density at radius 2 is 1.85 bits per heavy atom. The second kappa shape index (κ2) is 7.48. The zero-order valence-corrected chi connectivity index (χ0v) is 13.7. The Bertz CT molecular complexity index is 282. The molecule has 0 aliphatic carbocycles. The van der Waals surface area contributed by atoms with Gasteiger partial charge in [0.15, 0.2) is 0 Å². The molecule has 1 spiro atoms. The highest BCUT2D eigenvalue weighted by molar-refractivity contribution is 7.99. The van der Waals surface area contributed by atoms with Gasteiger partial charge in [0.25, 0.3) is 0 Å². The molecular weight excluding hydrogens is 272 g/mol. The van der Waals surface area contributed by atoms with Crippen LogP contribution in [0.5, 0.6) is 0 Å². The van der Waals surface area contributed by atoms with E-state index in [1.807, 2.05) is 11.8 Å². The topological polar surface area (TPSA) is 49.7 Å². The molecule has 3 atom stereocenters. The highest BCUT2D eigenvalue weighted by atomic mass is 32.2. The van der Waals surface area contributed by atoms with Gasteiger partial charge in [-0.25, -0.2) is 0 Å². The molecule has 0 aromatic rings. The lowest BCUT2D eigenvalue weighted by Gasteiger charge is -2.45. The molecule has 0 bridgehead atoms. The fourth-order valence-electron chi connectivity index (χ4n) is 3.78. The summed E-state index contributed by atoms with van der Waals surface area (Å²) in [5.41, 5.74) is -0.0111. The molecule has 2 aliphatic heterocycles. The van der Waals surface area contributed by atoms with Gasteiger partial charge in [0.2, 0.25) is 0 Å². The predicted molar refractivity (Wildman–Crippen MR) is 84.1 cm³/mol. The van der Waals surface area contributed by atoms with E-state index in [9.17, 15) is 10.2 Å². The first kappa shape index (κ1) is 16.6. The van der Waals surface area contributed by atoms with Crippen LogP contribution < -0.4 is 0 Å². The van der Waals surface area contributed by atoms with Crippen LogP contribution in [-0.2, 0) is 4.74 Å². The molecule has 0 aromatic heterocycles. The summed E-state index contributed by atoms with van der Waals surface area (Å²) >= 11 is 2.00. The largest absolute Gasteiger partial charge is 0.390 e. The van der Waals surface area contributed by atoms with Crippen molar-refractivity contribution in [1.29, 1.82) is 0 Å². The Kier molecular flexibility index (Phi) is 6.21. The van der Waals surface area contributed by atoms with Gasteiger partial charge in [0.05, 0.1) is 17.8 Å². The van der Waals surface area contributed by atoms with Crippen molar-refractivity contribution in [1.82, 2.24) is 0 Å². The summed E-state index contributed by atoms with van der Waals surface area (Å²) in [4.78, 5) is 0. The van der Waals surface area contributed by atoms with Gasteiger partial charge in [-0.2, -0.15) is 11.8 Å². The van der Waals surface area contributed by atoms with Crippen molar-refractivity contribution in [2.75, 3.05) is 18.1 Å². The van der Waals surface area contributed by atoms with Crippen LogP contribution in [0.3, 0.4) is 0 Å². The van der Waals surface area contributed by atoms with E-state index in [4.69, 9.17) is 4.74 Å². The van der Waals surface area contributed by atoms with E-state index >= 15 is 0 Å². The molecule has 2 fully saturated rings. The normalized spacial score (nSPS) is 29.6. The van der Waals surface area contributed by atoms with Gasteiger partial charge in [0, 0.05) is 6.61 Å². The van der Waals surface area contributed by atoms with Crippen LogP contribution in [-0.4, -0.2) is 46.1 Å². The molecule has 2 N–H and O–H groups in total. The number of hydrogen-bond donors (Lipinski definition) is 2. The van der Waals surface area contributed by atoms with E-state index < -0.39 is 12.2 Å². The molecule has 3 nitrogen and oxygen atoms in total. The maximum atomic E-state index is 10.6. The first-order valence-corrected chi connectivity index (χ1v) is 9.35. The minimum Gasteiger partial charge on any atom is -0.390 e. The molecule has 3 unspecified atom stereocenters. The first-order valence-electron chi connectivity index (χ1n) is 8.19. The Morgan fingerprint density at radius 1 is 1.20 bits per heavy atom. The van der Waals surface area contributed by atoms with Crippen LogP contribution in [0.4, 0.5) is 0 Å². The number of thioether (sulfide) groups is 1. The molecule has 4 heteroatoms. The molecule has 0 saturated carbocycles. The van der Waals surface area contributed by atoms with Crippen molar-refractivity contribution in [3.63, 3.8) is 0 Å². The van der Waals surface area contributed by atoms with Crippen LogP contribution >= 0.6 is 11.8 Å². The standard InChI is InChI=1S/C16H30O3S/c1-3-12(4-2)14(17)15(18)13-5-8-19-16(11-13)6-9-20-10-7-16/h12-15,17-18H,3-11H2,1-2H3. The molecule has 2 rings (SSSR count). The minimum atomic E-state index is -0.588.